The van der Waals surface area contributed by atoms with Gasteiger partial charge in [0.1, 0.15) is 0 Å². The number of hydrogen-bond acceptors (Lipinski definition) is 0. The van der Waals surface area contributed by atoms with Crippen molar-refractivity contribution in [1.82, 2.24) is 0 Å². The first kappa shape index (κ1) is 5.52. The van der Waals surface area contributed by atoms with Gasteiger partial charge < -0.3 is 0 Å². The van der Waals surface area contributed by atoms with Crippen molar-refractivity contribution in [2.75, 3.05) is 0 Å². The van der Waals surface area contributed by atoms with E-state index in [0.29, 0.717) is 0 Å². The van der Waals surface area contributed by atoms with E-state index in [1.165, 1.54) is 25.7 Å². The highest BCUT2D eigenvalue weighted by Gasteiger charge is 2.19. The zero-order chi connectivity index (χ0) is 6.10. The van der Waals surface area contributed by atoms with Gasteiger partial charge in [0.15, 0.2) is 0 Å². The molecule has 1 fully saturated rings. The van der Waals surface area contributed by atoms with Crippen LogP contribution in [0.25, 0.3) is 0 Å². The van der Waals surface area contributed by atoms with Gasteiger partial charge in [0.2, 0.25) is 0 Å². The molecule has 0 spiro atoms. The average Bonchev–Trinajstić information content (AvgIpc) is 2.21. The summed E-state index contributed by atoms with van der Waals surface area (Å²) in [7, 11) is 0. The van der Waals surface area contributed by atoms with Crippen LogP contribution >= 0.6 is 0 Å². The molecule has 0 heteroatoms. The molecule has 0 aromatic rings. The van der Waals surface area contributed by atoms with Crippen LogP contribution in [0.5, 0.6) is 0 Å². The summed E-state index contributed by atoms with van der Waals surface area (Å²) in [5.41, 5.74) is 0. The zero-order valence-electron chi connectivity index (χ0n) is 5.72. The molecule has 0 aromatic carbocycles. The lowest BCUT2D eigenvalue weighted by Crippen LogP contribution is -2.01. The molecule has 0 amide bonds. The Bertz CT molecular complexity index is 106. The van der Waals surface area contributed by atoms with E-state index in [4.69, 9.17) is 0 Å². The van der Waals surface area contributed by atoms with Gasteiger partial charge in [-0.15, -0.1) is 0 Å². The fraction of sp³-hybridized carbons (Fsp3) is 0.667. The molecule has 1 saturated carbocycles. The molecule has 3 aliphatic carbocycles. The van der Waals surface area contributed by atoms with Gasteiger partial charge in [-0.3, -0.25) is 0 Å². The van der Waals surface area contributed by atoms with Gasteiger partial charge >= 0.3 is 0 Å². The Kier molecular flexibility index (Phi) is 1.33. The molecule has 3 rings (SSSR count). The number of fused-ring (bicyclic) bond motifs is 3. The molecule has 0 heterocycles. The summed E-state index contributed by atoms with van der Waals surface area (Å²) in [6, 6.07) is 0. The van der Waals surface area contributed by atoms with Crippen LogP contribution in [0.2, 0.25) is 0 Å². The van der Waals surface area contributed by atoms with Crippen LogP contribution in [0, 0.1) is 18.3 Å². The quantitative estimate of drug-likeness (QED) is 0.432. The summed E-state index contributed by atoms with van der Waals surface area (Å²) < 4.78 is 0. The molecule has 0 saturated heterocycles. The normalized spacial score (nSPS) is 40.9. The van der Waals surface area contributed by atoms with Crippen molar-refractivity contribution in [2.24, 2.45) is 11.8 Å². The Labute approximate surface area is 57.0 Å². The van der Waals surface area contributed by atoms with Gasteiger partial charge in [0, 0.05) is 0 Å². The van der Waals surface area contributed by atoms with Crippen molar-refractivity contribution < 1.29 is 0 Å². The van der Waals surface area contributed by atoms with E-state index in [1.54, 1.807) is 0 Å². The Morgan fingerprint density at radius 1 is 1.00 bits per heavy atom. The van der Waals surface area contributed by atoms with Gasteiger partial charge in [-0.1, -0.05) is 12.2 Å². The van der Waals surface area contributed by atoms with Crippen molar-refractivity contribution in [3.63, 3.8) is 0 Å². The minimum absolute atomic E-state index is 0.837. The van der Waals surface area contributed by atoms with Crippen molar-refractivity contribution in [3.8, 4) is 0 Å². The lowest BCUT2D eigenvalue weighted by atomic mass is 9.91. The summed E-state index contributed by atoms with van der Waals surface area (Å²) in [4.78, 5) is 0. The SMILES string of the molecule is [CH]1CCC2C=CC1CC2. The van der Waals surface area contributed by atoms with Crippen molar-refractivity contribution >= 4 is 0 Å². The second-order valence-corrected chi connectivity index (χ2v) is 3.20. The summed E-state index contributed by atoms with van der Waals surface area (Å²) >= 11 is 0. The molecule has 1 radical (unpaired) electrons. The third kappa shape index (κ3) is 1.03. The molecule has 49 valence electrons. The summed E-state index contributed by atoms with van der Waals surface area (Å²) in [6.45, 7) is 0. The second kappa shape index (κ2) is 2.17. The van der Waals surface area contributed by atoms with Crippen molar-refractivity contribution in [1.29, 1.82) is 0 Å². The monoisotopic (exact) mass is 121 g/mol. The van der Waals surface area contributed by atoms with Crippen molar-refractivity contribution in [3.05, 3.63) is 18.6 Å². The average molecular weight is 121 g/mol. The van der Waals surface area contributed by atoms with Crippen LogP contribution in [0.4, 0.5) is 0 Å². The lowest BCUT2D eigenvalue weighted by Gasteiger charge is -2.14. The predicted octanol–water partition coefficient (Wildman–Crippen LogP) is 2.57. The minimum Gasteiger partial charge on any atom is -0.0851 e. The predicted molar refractivity (Wildman–Crippen MR) is 38.9 cm³/mol. The van der Waals surface area contributed by atoms with Gasteiger partial charge in [-0.25, -0.2) is 0 Å². The summed E-state index contributed by atoms with van der Waals surface area (Å²) in [5.74, 6) is 1.77. The molecule has 2 atom stereocenters. The Balaban J connectivity index is 2.15. The molecule has 0 aromatic heterocycles. The second-order valence-electron chi connectivity index (χ2n) is 3.20. The third-order valence-corrected chi connectivity index (χ3v) is 2.51. The van der Waals surface area contributed by atoms with Gasteiger partial charge in [-0.2, -0.15) is 0 Å². The molecule has 0 nitrogen and oxygen atoms in total. The van der Waals surface area contributed by atoms with Gasteiger partial charge in [0.05, 0.1) is 0 Å². The van der Waals surface area contributed by atoms with E-state index in [1.807, 2.05) is 0 Å². The van der Waals surface area contributed by atoms with Gasteiger partial charge in [0.25, 0.3) is 0 Å². The number of allylic oxidation sites excluding steroid dienone is 2. The molecule has 9 heavy (non-hydrogen) atoms. The molecule has 0 aliphatic heterocycles. The first-order chi connectivity index (χ1) is 4.45. The fourth-order valence-corrected chi connectivity index (χ4v) is 1.86. The Morgan fingerprint density at radius 3 is 2.78 bits per heavy atom. The fourth-order valence-electron chi connectivity index (χ4n) is 1.86. The maximum Gasteiger partial charge on any atom is -0.0202 e. The highest BCUT2D eigenvalue weighted by atomic mass is 14.2. The molecular weight excluding hydrogens is 108 g/mol. The van der Waals surface area contributed by atoms with Crippen LogP contribution in [0.15, 0.2) is 12.2 Å². The lowest BCUT2D eigenvalue weighted by molar-refractivity contribution is 0.516. The molecule has 0 N–H and O–H groups in total. The largest absolute Gasteiger partial charge is 0.0851 e. The Hall–Kier alpha value is -0.260. The molecule has 2 unspecified atom stereocenters. The highest BCUT2D eigenvalue weighted by molar-refractivity contribution is 5.05. The number of rotatable bonds is 0. The first-order valence-electron chi connectivity index (χ1n) is 3.97. The molecular formula is C9H13. The maximum absolute atomic E-state index is 2.48. The summed E-state index contributed by atoms with van der Waals surface area (Å²) in [5, 5.41) is 0. The maximum atomic E-state index is 2.48. The van der Waals surface area contributed by atoms with E-state index in [-0.39, 0.29) is 0 Å². The minimum atomic E-state index is 0.837. The van der Waals surface area contributed by atoms with Gasteiger partial charge in [-0.05, 0) is 43.9 Å². The van der Waals surface area contributed by atoms with Crippen LogP contribution < -0.4 is 0 Å². The summed E-state index contributed by atoms with van der Waals surface area (Å²) in [6.07, 6.45) is 12.9. The number of hydrogen-bond donors (Lipinski definition) is 0. The van der Waals surface area contributed by atoms with Crippen LogP contribution in [0.1, 0.15) is 25.7 Å². The van der Waals surface area contributed by atoms with E-state index in [9.17, 15) is 0 Å². The third-order valence-electron chi connectivity index (χ3n) is 2.51. The van der Waals surface area contributed by atoms with E-state index < -0.39 is 0 Å². The van der Waals surface area contributed by atoms with E-state index in [2.05, 4.69) is 18.6 Å². The van der Waals surface area contributed by atoms with Crippen LogP contribution in [-0.2, 0) is 0 Å². The topological polar surface area (TPSA) is 0 Å². The van der Waals surface area contributed by atoms with Crippen LogP contribution in [-0.4, -0.2) is 0 Å². The standard InChI is InChI=1S/C9H13/c1-2-8-4-6-9(3-1)7-5-8/h2,4,6,8-9H,1,3,5,7H2. The molecule has 3 aliphatic rings. The molecule has 2 bridgehead atoms. The Morgan fingerprint density at radius 2 is 2.00 bits per heavy atom. The first-order valence-corrected chi connectivity index (χ1v) is 3.97. The highest BCUT2D eigenvalue weighted by Crippen LogP contribution is 2.32. The van der Waals surface area contributed by atoms with E-state index in [0.717, 1.165) is 11.8 Å². The smallest absolute Gasteiger partial charge is 0.0202 e. The van der Waals surface area contributed by atoms with Crippen molar-refractivity contribution in [2.45, 2.75) is 25.7 Å². The zero-order valence-corrected chi connectivity index (χ0v) is 5.72. The van der Waals surface area contributed by atoms with Crippen LogP contribution in [0.3, 0.4) is 0 Å². The van der Waals surface area contributed by atoms with E-state index >= 15 is 0 Å².